The molecule has 3 aliphatic rings. The van der Waals surface area contributed by atoms with Crippen molar-refractivity contribution in [1.29, 1.82) is 0 Å². The van der Waals surface area contributed by atoms with E-state index in [2.05, 4.69) is 17.1 Å². The molecule has 3 fully saturated rings. The molecule has 0 aromatic rings. The lowest BCUT2D eigenvalue weighted by molar-refractivity contribution is -0.128. The van der Waals surface area contributed by atoms with Gasteiger partial charge in [0.15, 0.2) is 0 Å². The maximum atomic E-state index is 12.5. The van der Waals surface area contributed by atoms with Gasteiger partial charge in [-0.1, -0.05) is 13.3 Å². The summed E-state index contributed by atoms with van der Waals surface area (Å²) in [5, 5.41) is 3.24. The van der Waals surface area contributed by atoms with Gasteiger partial charge in [0.2, 0.25) is 5.91 Å². The Balaban J connectivity index is 0.00000132. The zero-order valence-corrected chi connectivity index (χ0v) is 15.8. The van der Waals surface area contributed by atoms with Crippen LogP contribution in [0.2, 0.25) is 0 Å². The molecule has 3 N–H and O–H groups in total. The highest BCUT2D eigenvalue weighted by Crippen LogP contribution is 2.41. The SMILES string of the molecule is CCN1CCCC1CNC(=O)C1CC2CCCC(C1)C2N.Cl.Cl. The van der Waals surface area contributed by atoms with E-state index in [1.165, 1.54) is 38.6 Å². The second kappa shape index (κ2) is 9.45. The number of rotatable bonds is 4. The number of carbonyl (C=O) groups excluding carboxylic acids is 1. The largest absolute Gasteiger partial charge is 0.354 e. The number of fused-ring (bicyclic) bond motifs is 2. The van der Waals surface area contributed by atoms with Gasteiger partial charge >= 0.3 is 0 Å². The van der Waals surface area contributed by atoms with Crippen LogP contribution < -0.4 is 11.1 Å². The normalized spacial score (nSPS) is 36.7. The van der Waals surface area contributed by atoms with Gasteiger partial charge < -0.3 is 11.1 Å². The van der Waals surface area contributed by atoms with E-state index in [0.717, 1.165) is 25.9 Å². The van der Waals surface area contributed by atoms with Crippen molar-refractivity contribution in [2.45, 2.75) is 64.0 Å². The summed E-state index contributed by atoms with van der Waals surface area (Å²) in [6, 6.07) is 0.914. The van der Waals surface area contributed by atoms with E-state index in [0.29, 0.717) is 29.8 Å². The van der Waals surface area contributed by atoms with E-state index >= 15 is 0 Å². The van der Waals surface area contributed by atoms with Crippen LogP contribution in [0.25, 0.3) is 0 Å². The summed E-state index contributed by atoms with van der Waals surface area (Å²) >= 11 is 0. The van der Waals surface area contributed by atoms with Gasteiger partial charge in [0.1, 0.15) is 0 Å². The molecule has 3 atom stereocenters. The zero-order chi connectivity index (χ0) is 14.8. The lowest BCUT2D eigenvalue weighted by Gasteiger charge is -2.43. The molecule has 4 nitrogen and oxygen atoms in total. The molecule has 2 saturated carbocycles. The number of nitrogens with zero attached hydrogens (tertiary/aromatic N) is 1. The van der Waals surface area contributed by atoms with Crippen LogP contribution in [-0.4, -0.2) is 42.5 Å². The fourth-order valence-electron chi connectivity index (χ4n) is 4.91. The van der Waals surface area contributed by atoms with E-state index in [1.54, 1.807) is 0 Å². The molecule has 23 heavy (non-hydrogen) atoms. The number of nitrogens with one attached hydrogen (secondary N) is 1. The molecule has 6 heteroatoms. The van der Waals surface area contributed by atoms with Crippen molar-refractivity contribution in [3.63, 3.8) is 0 Å². The second-order valence-corrected chi connectivity index (χ2v) is 7.37. The lowest BCUT2D eigenvalue weighted by atomic mass is 9.65. The van der Waals surface area contributed by atoms with Crippen LogP contribution in [-0.2, 0) is 4.79 Å². The van der Waals surface area contributed by atoms with Crippen LogP contribution in [0.15, 0.2) is 0 Å². The van der Waals surface area contributed by atoms with E-state index in [-0.39, 0.29) is 30.7 Å². The smallest absolute Gasteiger partial charge is 0.223 e. The number of nitrogens with two attached hydrogens (primary N) is 1. The van der Waals surface area contributed by atoms with Gasteiger partial charge in [-0.3, -0.25) is 9.69 Å². The summed E-state index contributed by atoms with van der Waals surface area (Å²) in [5.74, 6) is 1.69. The van der Waals surface area contributed by atoms with Crippen molar-refractivity contribution >= 4 is 30.7 Å². The molecule has 0 spiro atoms. The van der Waals surface area contributed by atoms with Crippen LogP contribution in [0.5, 0.6) is 0 Å². The van der Waals surface area contributed by atoms with E-state index in [1.807, 2.05) is 0 Å². The third-order valence-electron chi connectivity index (χ3n) is 6.20. The number of halogens is 2. The van der Waals surface area contributed by atoms with Crippen LogP contribution in [0.3, 0.4) is 0 Å². The molecule has 3 rings (SSSR count). The summed E-state index contributed by atoms with van der Waals surface area (Å²) in [6.45, 7) is 5.34. The summed E-state index contributed by atoms with van der Waals surface area (Å²) in [5.41, 5.74) is 6.32. The molecule has 2 bridgehead atoms. The Morgan fingerprint density at radius 2 is 1.78 bits per heavy atom. The molecule has 136 valence electrons. The van der Waals surface area contributed by atoms with Gasteiger partial charge in [0.05, 0.1) is 0 Å². The van der Waals surface area contributed by atoms with Crippen molar-refractivity contribution in [3.05, 3.63) is 0 Å². The van der Waals surface area contributed by atoms with Crippen molar-refractivity contribution < 1.29 is 4.79 Å². The highest BCUT2D eigenvalue weighted by molar-refractivity contribution is 5.85. The van der Waals surface area contributed by atoms with Gasteiger partial charge in [-0.15, -0.1) is 24.8 Å². The molecule has 1 amide bonds. The minimum atomic E-state index is 0. The molecule has 1 aliphatic heterocycles. The molecule has 0 radical (unpaired) electrons. The zero-order valence-electron chi connectivity index (χ0n) is 14.2. The molecular weight excluding hydrogens is 333 g/mol. The Kier molecular flexibility index (Phi) is 8.64. The lowest BCUT2D eigenvalue weighted by Crippen LogP contribution is -2.50. The third kappa shape index (κ3) is 4.75. The first-order valence-corrected chi connectivity index (χ1v) is 8.96. The average molecular weight is 366 g/mol. The van der Waals surface area contributed by atoms with Crippen LogP contribution in [0.1, 0.15) is 51.9 Å². The fraction of sp³-hybridized carbons (Fsp3) is 0.941. The molecule has 3 unspecified atom stereocenters. The quantitative estimate of drug-likeness (QED) is 0.804. The van der Waals surface area contributed by atoms with Crippen molar-refractivity contribution in [3.8, 4) is 0 Å². The monoisotopic (exact) mass is 365 g/mol. The molecule has 1 heterocycles. The van der Waals surface area contributed by atoms with Gasteiger partial charge in [0.25, 0.3) is 0 Å². The predicted molar refractivity (Wildman–Crippen MR) is 99.3 cm³/mol. The first kappa shape index (κ1) is 21.0. The Bertz CT molecular complexity index is 369. The second-order valence-electron chi connectivity index (χ2n) is 7.37. The predicted octanol–water partition coefficient (Wildman–Crippen LogP) is 2.58. The molecule has 0 aromatic heterocycles. The number of carbonyl (C=O) groups is 1. The van der Waals surface area contributed by atoms with Crippen molar-refractivity contribution in [2.75, 3.05) is 19.6 Å². The van der Waals surface area contributed by atoms with Gasteiger partial charge in [-0.25, -0.2) is 0 Å². The molecule has 1 saturated heterocycles. The Morgan fingerprint density at radius 1 is 1.13 bits per heavy atom. The molecule has 0 aromatic carbocycles. The van der Waals surface area contributed by atoms with Crippen LogP contribution >= 0.6 is 24.8 Å². The molecule has 2 aliphatic carbocycles. The number of hydrogen-bond donors (Lipinski definition) is 2. The first-order chi connectivity index (χ1) is 10.2. The van der Waals surface area contributed by atoms with E-state index in [4.69, 9.17) is 5.73 Å². The van der Waals surface area contributed by atoms with Crippen molar-refractivity contribution in [1.82, 2.24) is 10.2 Å². The summed E-state index contributed by atoms with van der Waals surface area (Å²) in [4.78, 5) is 15.0. The summed E-state index contributed by atoms with van der Waals surface area (Å²) in [7, 11) is 0. The highest BCUT2D eigenvalue weighted by Gasteiger charge is 2.40. The fourth-order valence-corrected chi connectivity index (χ4v) is 4.91. The standard InChI is InChI=1S/C17H31N3O.2ClH/c1-2-20-8-4-7-15(20)11-19-17(21)14-9-12-5-3-6-13(10-14)16(12)18;;/h12-16H,2-11,18H2,1H3,(H,19,21);2*1H. The topological polar surface area (TPSA) is 58.4 Å². The Hall–Kier alpha value is -0.0300. The van der Waals surface area contributed by atoms with Crippen LogP contribution in [0.4, 0.5) is 0 Å². The minimum absolute atomic E-state index is 0. The van der Waals surface area contributed by atoms with Gasteiger partial charge in [-0.2, -0.15) is 0 Å². The number of amides is 1. The highest BCUT2D eigenvalue weighted by atomic mass is 35.5. The summed E-state index contributed by atoms with van der Waals surface area (Å²) in [6.07, 6.45) is 8.31. The Morgan fingerprint density at radius 3 is 2.39 bits per heavy atom. The maximum Gasteiger partial charge on any atom is 0.223 e. The van der Waals surface area contributed by atoms with Crippen LogP contribution in [0, 0.1) is 17.8 Å². The summed E-state index contributed by atoms with van der Waals surface area (Å²) < 4.78 is 0. The van der Waals surface area contributed by atoms with Gasteiger partial charge in [-0.05, 0) is 63.5 Å². The first-order valence-electron chi connectivity index (χ1n) is 8.96. The maximum absolute atomic E-state index is 12.5. The number of hydrogen-bond acceptors (Lipinski definition) is 3. The average Bonchev–Trinajstić information content (AvgIpc) is 2.92. The molecular formula is C17H33Cl2N3O. The third-order valence-corrected chi connectivity index (χ3v) is 6.20. The van der Waals surface area contributed by atoms with Crippen molar-refractivity contribution in [2.24, 2.45) is 23.5 Å². The van der Waals surface area contributed by atoms with Gasteiger partial charge in [0, 0.05) is 24.5 Å². The number of likely N-dealkylation sites (tertiary alicyclic amines) is 1. The van der Waals surface area contributed by atoms with E-state index in [9.17, 15) is 4.79 Å². The number of likely N-dealkylation sites (N-methyl/N-ethyl adjacent to an activating group) is 1. The Labute approximate surface area is 153 Å². The minimum Gasteiger partial charge on any atom is -0.354 e. The van der Waals surface area contributed by atoms with E-state index < -0.39 is 0 Å².